The number of halogens is 1. The highest BCUT2D eigenvalue weighted by Crippen LogP contribution is 2.20. The van der Waals surface area contributed by atoms with Crippen molar-refractivity contribution < 1.29 is 9.53 Å². The number of nitriles is 1. The van der Waals surface area contributed by atoms with Crippen LogP contribution in [0.2, 0.25) is 5.02 Å². The maximum absolute atomic E-state index is 11.7. The highest BCUT2D eigenvalue weighted by molar-refractivity contribution is 6.30. The molecule has 0 spiro atoms. The van der Waals surface area contributed by atoms with Crippen LogP contribution in [0.5, 0.6) is 0 Å². The number of nitrogens with one attached hydrogen (secondary N) is 1. The minimum absolute atomic E-state index is 0.169. The van der Waals surface area contributed by atoms with Crippen molar-refractivity contribution in [3.05, 3.63) is 64.7 Å². The Balaban J connectivity index is 1.97. The van der Waals surface area contributed by atoms with E-state index in [-0.39, 0.29) is 12.2 Å². The normalized spacial score (nSPS) is 9.60. The van der Waals surface area contributed by atoms with Crippen LogP contribution < -0.4 is 5.32 Å². The Morgan fingerprint density at radius 2 is 2.00 bits per heavy atom. The van der Waals surface area contributed by atoms with Crippen LogP contribution in [0.4, 0.5) is 10.5 Å². The summed E-state index contributed by atoms with van der Waals surface area (Å²) >= 11 is 5.78. The van der Waals surface area contributed by atoms with Gasteiger partial charge in [0.2, 0.25) is 0 Å². The number of amides is 1. The van der Waals surface area contributed by atoms with Crippen molar-refractivity contribution in [3.8, 4) is 6.07 Å². The molecule has 1 N–H and O–H groups in total. The average Bonchev–Trinajstić information content (AvgIpc) is 2.48. The Morgan fingerprint density at radius 1 is 1.25 bits per heavy atom. The molecule has 1 amide bonds. The smallest absolute Gasteiger partial charge is 0.411 e. The lowest BCUT2D eigenvalue weighted by Crippen LogP contribution is -2.14. The third kappa shape index (κ3) is 3.74. The van der Waals surface area contributed by atoms with Gasteiger partial charge in [0.15, 0.2) is 0 Å². The first kappa shape index (κ1) is 13.9. The maximum Gasteiger partial charge on any atom is 0.411 e. The molecule has 2 aromatic rings. The quantitative estimate of drug-likeness (QED) is 0.929. The van der Waals surface area contributed by atoms with E-state index in [0.29, 0.717) is 10.7 Å². The predicted octanol–water partition coefficient (Wildman–Crippen LogP) is 3.96. The molecule has 2 aromatic carbocycles. The Labute approximate surface area is 121 Å². The summed E-state index contributed by atoms with van der Waals surface area (Å²) in [6.07, 6.45) is -0.618. The van der Waals surface area contributed by atoms with Gasteiger partial charge in [0.1, 0.15) is 12.7 Å². The van der Waals surface area contributed by atoms with Crippen LogP contribution in [0.1, 0.15) is 11.1 Å². The Bertz CT molecular complexity index is 651. The molecule has 0 atom stereocenters. The molecule has 0 saturated heterocycles. The lowest BCUT2D eigenvalue weighted by molar-refractivity contribution is 0.155. The van der Waals surface area contributed by atoms with Crippen LogP contribution >= 0.6 is 11.6 Å². The second-order valence-corrected chi connectivity index (χ2v) is 4.42. The number of benzene rings is 2. The first-order chi connectivity index (χ1) is 9.69. The van der Waals surface area contributed by atoms with E-state index in [1.54, 1.807) is 12.1 Å². The molecule has 4 nitrogen and oxygen atoms in total. The summed E-state index contributed by atoms with van der Waals surface area (Å²) in [6.45, 7) is 0.169. The largest absolute Gasteiger partial charge is 0.444 e. The summed E-state index contributed by atoms with van der Waals surface area (Å²) in [4.78, 5) is 11.7. The van der Waals surface area contributed by atoms with Gasteiger partial charge in [-0.25, -0.2) is 4.79 Å². The molecule has 2 rings (SSSR count). The van der Waals surface area contributed by atoms with Crippen LogP contribution in [0.25, 0.3) is 0 Å². The molecule has 0 aliphatic carbocycles. The fourth-order valence-corrected chi connectivity index (χ4v) is 1.76. The number of ether oxygens (including phenoxy) is 1. The number of rotatable bonds is 3. The van der Waals surface area contributed by atoms with Gasteiger partial charge in [-0.05, 0) is 23.8 Å². The molecule has 0 aliphatic heterocycles. The van der Waals surface area contributed by atoms with Gasteiger partial charge in [0.25, 0.3) is 0 Å². The highest BCUT2D eigenvalue weighted by Gasteiger charge is 2.08. The van der Waals surface area contributed by atoms with E-state index in [1.165, 1.54) is 6.07 Å². The summed E-state index contributed by atoms with van der Waals surface area (Å²) in [5.74, 6) is 0. The van der Waals surface area contributed by atoms with Crippen LogP contribution in [0.15, 0.2) is 48.5 Å². The van der Waals surface area contributed by atoms with Crippen LogP contribution in [0, 0.1) is 11.3 Å². The number of nitrogens with zero attached hydrogens (tertiary/aromatic N) is 1. The Kier molecular flexibility index (Phi) is 4.59. The van der Waals surface area contributed by atoms with Gasteiger partial charge in [-0.3, -0.25) is 5.32 Å². The summed E-state index contributed by atoms with van der Waals surface area (Å²) < 4.78 is 5.07. The predicted molar refractivity (Wildman–Crippen MR) is 76.4 cm³/mol. The number of carbonyl (C=O) groups is 1. The molecular weight excluding hydrogens is 276 g/mol. The first-order valence-electron chi connectivity index (χ1n) is 5.86. The third-order valence-electron chi connectivity index (χ3n) is 2.55. The highest BCUT2D eigenvalue weighted by atomic mass is 35.5. The van der Waals surface area contributed by atoms with Crippen molar-refractivity contribution in [2.24, 2.45) is 0 Å². The van der Waals surface area contributed by atoms with E-state index < -0.39 is 6.09 Å². The Hall–Kier alpha value is -2.51. The number of hydrogen-bond donors (Lipinski definition) is 1. The van der Waals surface area contributed by atoms with Crippen LogP contribution in [0.3, 0.4) is 0 Å². The molecule has 0 saturated carbocycles. The van der Waals surface area contributed by atoms with Crippen molar-refractivity contribution in [2.45, 2.75) is 6.61 Å². The van der Waals surface area contributed by atoms with E-state index in [4.69, 9.17) is 21.6 Å². The number of carbonyl (C=O) groups excluding carboxylic acids is 1. The fourth-order valence-electron chi connectivity index (χ4n) is 1.59. The standard InChI is InChI=1S/C15H11ClN2O2/c16-13-6-7-14(12(8-13)9-17)18-15(19)20-10-11-4-2-1-3-5-11/h1-8H,10H2,(H,18,19). The molecule has 0 fully saturated rings. The monoisotopic (exact) mass is 286 g/mol. The van der Waals surface area contributed by atoms with Crippen molar-refractivity contribution in [1.29, 1.82) is 5.26 Å². The number of anilines is 1. The van der Waals surface area contributed by atoms with Crippen molar-refractivity contribution in [1.82, 2.24) is 0 Å². The van der Waals surface area contributed by atoms with E-state index in [1.807, 2.05) is 36.4 Å². The Morgan fingerprint density at radius 3 is 2.70 bits per heavy atom. The zero-order chi connectivity index (χ0) is 14.4. The lowest BCUT2D eigenvalue weighted by atomic mass is 10.2. The summed E-state index contributed by atoms with van der Waals surface area (Å²) in [5, 5.41) is 11.9. The lowest BCUT2D eigenvalue weighted by Gasteiger charge is -2.08. The molecule has 0 heterocycles. The van der Waals surface area contributed by atoms with Crippen LogP contribution in [-0.2, 0) is 11.3 Å². The van der Waals surface area contributed by atoms with Crippen molar-refractivity contribution >= 4 is 23.4 Å². The summed E-state index contributed by atoms with van der Waals surface area (Å²) in [6, 6.07) is 15.9. The molecule has 0 aliphatic rings. The van der Waals surface area contributed by atoms with Gasteiger partial charge in [0.05, 0.1) is 11.3 Å². The van der Waals surface area contributed by atoms with Crippen molar-refractivity contribution in [2.75, 3.05) is 5.32 Å². The molecule has 20 heavy (non-hydrogen) atoms. The van der Waals surface area contributed by atoms with E-state index in [0.717, 1.165) is 5.56 Å². The van der Waals surface area contributed by atoms with Gasteiger partial charge in [0, 0.05) is 5.02 Å². The van der Waals surface area contributed by atoms with Gasteiger partial charge in [-0.15, -0.1) is 0 Å². The average molecular weight is 287 g/mol. The van der Waals surface area contributed by atoms with E-state index in [9.17, 15) is 4.79 Å². The minimum atomic E-state index is -0.618. The fraction of sp³-hybridized carbons (Fsp3) is 0.0667. The number of hydrogen-bond acceptors (Lipinski definition) is 3. The van der Waals surface area contributed by atoms with E-state index in [2.05, 4.69) is 5.32 Å². The van der Waals surface area contributed by atoms with Gasteiger partial charge in [-0.1, -0.05) is 41.9 Å². The molecule has 5 heteroatoms. The van der Waals surface area contributed by atoms with Crippen LogP contribution in [-0.4, -0.2) is 6.09 Å². The molecule has 0 radical (unpaired) electrons. The molecule has 0 unspecified atom stereocenters. The maximum atomic E-state index is 11.7. The van der Waals surface area contributed by atoms with E-state index >= 15 is 0 Å². The SMILES string of the molecule is N#Cc1cc(Cl)ccc1NC(=O)OCc1ccccc1. The molecule has 0 bridgehead atoms. The molecular formula is C15H11ClN2O2. The second kappa shape index (κ2) is 6.60. The van der Waals surface area contributed by atoms with Gasteiger partial charge >= 0.3 is 6.09 Å². The summed E-state index contributed by atoms with van der Waals surface area (Å²) in [7, 11) is 0. The van der Waals surface area contributed by atoms with Gasteiger partial charge < -0.3 is 4.74 Å². The van der Waals surface area contributed by atoms with Crippen molar-refractivity contribution in [3.63, 3.8) is 0 Å². The zero-order valence-electron chi connectivity index (χ0n) is 10.5. The minimum Gasteiger partial charge on any atom is -0.444 e. The topological polar surface area (TPSA) is 62.1 Å². The zero-order valence-corrected chi connectivity index (χ0v) is 11.2. The first-order valence-corrected chi connectivity index (χ1v) is 6.24. The van der Waals surface area contributed by atoms with Gasteiger partial charge in [-0.2, -0.15) is 5.26 Å². The molecule has 100 valence electrons. The molecule has 0 aromatic heterocycles. The third-order valence-corrected chi connectivity index (χ3v) is 2.79. The second-order valence-electron chi connectivity index (χ2n) is 3.99. The summed E-state index contributed by atoms with van der Waals surface area (Å²) in [5.41, 5.74) is 1.54.